The quantitative estimate of drug-likeness (QED) is 0.810. The average molecular weight is 299 g/mol. The van der Waals surface area contributed by atoms with Crippen molar-refractivity contribution >= 4 is 18.1 Å². The second-order valence-corrected chi connectivity index (χ2v) is 5.13. The lowest BCUT2D eigenvalue weighted by Gasteiger charge is -2.09. The maximum Gasteiger partial charge on any atom is 0.342 e. The zero-order valence-electron chi connectivity index (χ0n) is 13.6. The fourth-order valence-electron chi connectivity index (χ4n) is 2.41. The zero-order valence-corrected chi connectivity index (χ0v) is 13.6. The summed E-state index contributed by atoms with van der Waals surface area (Å²) in [6.45, 7) is 4.13. The molecule has 0 fully saturated rings. The monoisotopic (exact) mass is 299 g/mol. The first-order chi connectivity index (χ1) is 10.5. The van der Waals surface area contributed by atoms with Gasteiger partial charge in [-0.15, -0.1) is 0 Å². The number of ether oxygens (including phenoxy) is 2. The number of hydrogen-bond acceptors (Lipinski definition) is 3. The van der Waals surface area contributed by atoms with Gasteiger partial charge in [-0.05, 0) is 37.1 Å². The van der Waals surface area contributed by atoms with Crippen LogP contribution in [0.4, 0.5) is 0 Å². The van der Waals surface area contributed by atoms with Crippen LogP contribution in [-0.2, 0) is 11.8 Å². The number of carbonyl (C=O) groups is 1. The van der Waals surface area contributed by atoms with E-state index in [-0.39, 0.29) is 0 Å². The second kappa shape index (κ2) is 6.52. The summed E-state index contributed by atoms with van der Waals surface area (Å²) in [6.07, 6.45) is 3.92. The van der Waals surface area contributed by atoms with E-state index >= 15 is 0 Å². The van der Waals surface area contributed by atoms with Crippen LogP contribution in [0.1, 0.15) is 32.9 Å². The number of carbonyl (C=O) groups excluding carboxylic acids is 1. The molecule has 0 aliphatic carbocycles. The van der Waals surface area contributed by atoms with E-state index in [0.717, 1.165) is 11.1 Å². The molecule has 1 aromatic carbocycles. The molecule has 4 nitrogen and oxygen atoms in total. The van der Waals surface area contributed by atoms with Gasteiger partial charge in [-0.3, -0.25) is 0 Å². The van der Waals surface area contributed by atoms with Gasteiger partial charge in [-0.25, -0.2) is 4.79 Å². The Hall–Kier alpha value is -2.49. The molecule has 0 aliphatic rings. The summed E-state index contributed by atoms with van der Waals surface area (Å²) in [5.41, 5.74) is 4.70. The molecule has 1 heterocycles. The Morgan fingerprint density at radius 1 is 1.14 bits per heavy atom. The SMILES string of the molecule is COC(=O)c1c(C=Cc2cc(C)n(C)c2C)cccc1OC. The van der Waals surface area contributed by atoms with Gasteiger partial charge in [0.1, 0.15) is 11.3 Å². The Kier molecular flexibility index (Phi) is 4.71. The maximum atomic E-state index is 12.0. The molecule has 2 rings (SSSR count). The van der Waals surface area contributed by atoms with E-state index in [1.807, 2.05) is 31.3 Å². The normalized spacial score (nSPS) is 11.0. The minimum Gasteiger partial charge on any atom is -0.496 e. The summed E-state index contributed by atoms with van der Waals surface area (Å²) in [5, 5.41) is 0. The van der Waals surface area contributed by atoms with Gasteiger partial charge in [0.15, 0.2) is 0 Å². The average Bonchev–Trinajstić information content (AvgIpc) is 2.78. The van der Waals surface area contributed by atoms with Crippen LogP contribution in [0, 0.1) is 13.8 Å². The smallest absolute Gasteiger partial charge is 0.342 e. The molecule has 22 heavy (non-hydrogen) atoms. The maximum absolute atomic E-state index is 12.0. The second-order valence-electron chi connectivity index (χ2n) is 5.13. The van der Waals surface area contributed by atoms with Crippen molar-refractivity contribution in [2.24, 2.45) is 7.05 Å². The summed E-state index contributed by atoms with van der Waals surface area (Å²) >= 11 is 0. The van der Waals surface area contributed by atoms with Gasteiger partial charge in [-0.2, -0.15) is 0 Å². The molecular formula is C18H21NO3. The molecule has 2 aromatic rings. The van der Waals surface area contributed by atoms with Gasteiger partial charge in [0.25, 0.3) is 0 Å². The molecule has 0 atom stereocenters. The van der Waals surface area contributed by atoms with Crippen LogP contribution in [0.25, 0.3) is 12.2 Å². The fraction of sp³-hybridized carbons (Fsp3) is 0.278. The van der Waals surface area contributed by atoms with Crippen molar-refractivity contribution in [1.29, 1.82) is 0 Å². The molecule has 0 amide bonds. The summed E-state index contributed by atoms with van der Waals surface area (Å²) in [4.78, 5) is 12.0. The molecule has 1 aromatic heterocycles. The molecule has 0 unspecified atom stereocenters. The number of nitrogens with zero attached hydrogens (tertiary/aromatic N) is 1. The molecule has 0 N–H and O–H groups in total. The van der Waals surface area contributed by atoms with Crippen LogP contribution in [0.2, 0.25) is 0 Å². The molecule has 0 saturated heterocycles. The summed E-state index contributed by atoms with van der Waals surface area (Å²) in [5.74, 6) is 0.105. The topological polar surface area (TPSA) is 40.5 Å². The minimum atomic E-state index is -0.405. The van der Waals surface area contributed by atoms with Crippen LogP contribution >= 0.6 is 0 Å². The Morgan fingerprint density at radius 3 is 2.36 bits per heavy atom. The molecule has 0 saturated carbocycles. The van der Waals surface area contributed by atoms with Crippen molar-refractivity contribution in [3.8, 4) is 5.75 Å². The van der Waals surface area contributed by atoms with E-state index in [0.29, 0.717) is 11.3 Å². The first kappa shape index (κ1) is 15.9. The van der Waals surface area contributed by atoms with Crippen LogP contribution in [-0.4, -0.2) is 24.8 Å². The van der Waals surface area contributed by atoms with Gasteiger partial charge in [0, 0.05) is 18.4 Å². The van der Waals surface area contributed by atoms with Gasteiger partial charge in [0.05, 0.1) is 14.2 Å². The number of esters is 1. The van der Waals surface area contributed by atoms with Crippen molar-refractivity contribution in [3.63, 3.8) is 0 Å². The Bertz CT molecular complexity index is 726. The third kappa shape index (κ3) is 2.91. The largest absolute Gasteiger partial charge is 0.496 e. The highest BCUT2D eigenvalue weighted by Gasteiger charge is 2.16. The van der Waals surface area contributed by atoms with E-state index in [1.165, 1.54) is 18.5 Å². The molecule has 4 heteroatoms. The summed E-state index contributed by atoms with van der Waals surface area (Å²) < 4.78 is 12.3. The third-order valence-electron chi connectivity index (χ3n) is 3.92. The number of methoxy groups -OCH3 is 2. The molecule has 116 valence electrons. The van der Waals surface area contributed by atoms with E-state index < -0.39 is 5.97 Å². The van der Waals surface area contributed by atoms with Crippen molar-refractivity contribution in [2.45, 2.75) is 13.8 Å². The van der Waals surface area contributed by atoms with Gasteiger partial charge >= 0.3 is 5.97 Å². The Labute approximate surface area is 131 Å². The zero-order chi connectivity index (χ0) is 16.3. The van der Waals surface area contributed by atoms with Gasteiger partial charge < -0.3 is 14.0 Å². The van der Waals surface area contributed by atoms with Gasteiger partial charge in [0.2, 0.25) is 0 Å². The minimum absolute atomic E-state index is 0.405. The number of aromatic nitrogens is 1. The molecule has 0 radical (unpaired) electrons. The van der Waals surface area contributed by atoms with Crippen molar-refractivity contribution in [3.05, 3.63) is 52.3 Å². The molecule has 0 aliphatic heterocycles. The Morgan fingerprint density at radius 2 is 1.82 bits per heavy atom. The number of hydrogen-bond donors (Lipinski definition) is 0. The fourth-order valence-corrected chi connectivity index (χ4v) is 2.41. The lowest BCUT2D eigenvalue weighted by Crippen LogP contribution is -2.06. The van der Waals surface area contributed by atoms with Crippen LogP contribution in [0.5, 0.6) is 5.75 Å². The van der Waals surface area contributed by atoms with Crippen LogP contribution in [0.15, 0.2) is 24.3 Å². The summed E-state index contributed by atoms with van der Waals surface area (Å²) in [7, 11) is 4.94. The van der Waals surface area contributed by atoms with E-state index in [1.54, 1.807) is 13.2 Å². The highest BCUT2D eigenvalue weighted by atomic mass is 16.5. The molecule has 0 bridgehead atoms. The first-order valence-electron chi connectivity index (χ1n) is 7.06. The van der Waals surface area contributed by atoms with Crippen molar-refractivity contribution in [1.82, 2.24) is 4.57 Å². The number of benzene rings is 1. The highest BCUT2D eigenvalue weighted by Crippen LogP contribution is 2.25. The summed E-state index contributed by atoms with van der Waals surface area (Å²) in [6, 6.07) is 7.59. The molecule has 0 spiro atoms. The Balaban J connectivity index is 2.47. The van der Waals surface area contributed by atoms with Gasteiger partial charge in [-0.1, -0.05) is 24.3 Å². The van der Waals surface area contributed by atoms with E-state index in [9.17, 15) is 4.79 Å². The van der Waals surface area contributed by atoms with Crippen LogP contribution < -0.4 is 4.74 Å². The number of rotatable bonds is 4. The number of aryl methyl sites for hydroxylation is 1. The predicted molar refractivity (Wildman–Crippen MR) is 88.1 cm³/mol. The van der Waals surface area contributed by atoms with Crippen molar-refractivity contribution in [2.75, 3.05) is 14.2 Å². The lowest BCUT2D eigenvalue weighted by molar-refractivity contribution is 0.0597. The van der Waals surface area contributed by atoms with E-state index in [4.69, 9.17) is 9.47 Å². The lowest BCUT2D eigenvalue weighted by atomic mass is 10.0. The van der Waals surface area contributed by atoms with Crippen molar-refractivity contribution < 1.29 is 14.3 Å². The van der Waals surface area contributed by atoms with E-state index in [2.05, 4.69) is 24.5 Å². The third-order valence-corrected chi connectivity index (χ3v) is 3.92. The highest BCUT2D eigenvalue weighted by molar-refractivity contribution is 5.97. The van der Waals surface area contributed by atoms with Crippen LogP contribution in [0.3, 0.4) is 0 Å². The first-order valence-corrected chi connectivity index (χ1v) is 7.06. The molecular weight excluding hydrogens is 278 g/mol. The standard InChI is InChI=1S/C18H21NO3/c1-12-11-15(13(2)19(12)3)10-9-14-7-6-8-16(21-4)17(14)18(20)22-5/h6-11H,1-5H3. The predicted octanol–water partition coefficient (Wildman–Crippen LogP) is 3.61.